The number of carbonyl (C=O) groups is 3. The molecule has 5 rings (SSSR count). The lowest BCUT2D eigenvalue weighted by atomic mass is 10.2. The molecule has 0 fully saturated rings. The highest BCUT2D eigenvalue weighted by atomic mass is 79.9. The van der Waals surface area contributed by atoms with E-state index in [1.54, 1.807) is 48.5 Å². The lowest BCUT2D eigenvalue weighted by Gasteiger charge is -2.15. The molecule has 0 atom stereocenters. The fourth-order valence-electron chi connectivity index (χ4n) is 3.84. The molecule has 1 aliphatic rings. The van der Waals surface area contributed by atoms with E-state index in [0.29, 0.717) is 27.5 Å². The lowest BCUT2D eigenvalue weighted by Crippen LogP contribution is -2.32. The van der Waals surface area contributed by atoms with Gasteiger partial charge in [-0.2, -0.15) is 0 Å². The molecule has 1 heterocycles. The Hall–Kier alpha value is -4.14. The van der Waals surface area contributed by atoms with Gasteiger partial charge in [-0.1, -0.05) is 63.6 Å². The summed E-state index contributed by atoms with van der Waals surface area (Å²) in [4.78, 5) is 41.8. The van der Waals surface area contributed by atoms with E-state index >= 15 is 0 Å². The minimum Gasteiger partial charge on any atom is -0.350 e. The number of hydrogen-bond acceptors (Lipinski definition) is 5. The van der Waals surface area contributed by atoms with Crippen molar-refractivity contribution in [3.8, 4) is 0 Å². The van der Waals surface area contributed by atoms with Crippen LogP contribution in [0.4, 0.5) is 17.1 Å². The van der Waals surface area contributed by atoms with Crippen LogP contribution in [0.15, 0.2) is 123 Å². The Morgan fingerprint density at radius 3 is 2.08 bits per heavy atom. The molecule has 8 heteroatoms. The summed E-state index contributed by atoms with van der Waals surface area (Å²) in [5, 5.41) is 6.02. The van der Waals surface area contributed by atoms with Gasteiger partial charge >= 0.3 is 0 Å². The second-order valence-electron chi connectivity index (χ2n) is 8.56. The molecule has 188 valence electrons. The van der Waals surface area contributed by atoms with Gasteiger partial charge in [0.15, 0.2) is 0 Å². The van der Waals surface area contributed by atoms with Gasteiger partial charge in [-0.05, 0) is 79.7 Å². The maximum absolute atomic E-state index is 13.5. The van der Waals surface area contributed by atoms with Crippen molar-refractivity contribution in [3.63, 3.8) is 0 Å². The van der Waals surface area contributed by atoms with Crippen molar-refractivity contribution in [2.45, 2.75) is 11.8 Å². The van der Waals surface area contributed by atoms with Crippen LogP contribution < -0.4 is 15.5 Å². The first-order valence-corrected chi connectivity index (χ1v) is 13.4. The number of carbonyl (C=O) groups excluding carboxylic acids is 3. The van der Waals surface area contributed by atoms with Crippen molar-refractivity contribution in [2.75, 3.05) is 15.5 Å². The van der Waals surface area contributed by atoms with Gasteiger partial charge < -0.3 is 10.6 Å². The zero-order valence-electron chi connectivity index (χ0n) is 20.3. The third kappa shape index (κ3) is 5.56. The van der Waals surface area contributed by atoms with Crippen LogP contribution >= 0.6 is 27.7 Å². The van der Waals surface area contributed by atoms with Gasteiger partial charge in [0.1, 0.15) is 10.6 Å². The van der Waals surface area contributed by atoms with Crippen LogP contribution in [0.2, 0.25) is 0 Å². The van der Waals surface area contributed by atoms with Crippen LogP contribution in [0.25, 0.3) is 0 Å². The summed E-state index contributed by atoms with van der Waals surface area (Å²) >= 11 is 4.57. The Labute approximate surface area is 232 Å². The lowest BCUT2D eigenvalue weighted by molar-refractivity contribution is -0.120. The number of benzene rings is 4. The highest BCUT2D eigenvalue weighted by molar-refractivity contribution is 9.10. The molecule has 0 aliphatic carbocycles. The molecule has 3 amide bonds. The minimum absolute atomic E-state index is 0.222. The zero-order chi connectivity index (χ0) is 26.6. The van der Waals surface area contributed by atoms with Gasteiger partial charge in [0.2, 0.25) is 0 Å². The number of nitrogens with one attached hydrogen (secondary N) is 2. The summed E-state index contributed by atoms with van der Waals surface area (Å²) in [6.07, 6.45) is 0. The summed E-state index contributed by atoms with van der Waals surface area (Å²) in [5.41, 5.74) is 3.64. The van der Waals surface area contributed by atoms with Crippen molar-refractivity contribution in [1.82, 2.24) is 0 Å². The largest absolute Gasteiger partial charge is 0.350 e. The smallest absolute Gasteiger partial charge is 0.283 e. The van der Waals surface area contributed by atoms with Crippen molar-refractivity contribution < 1.29 is 14.4 Å². The third-order valence-electron chi connectivity index (χ3n) is 5.82. The second-order valence-corrected chi connectivity index (χ2v) is 10.6. The molecule has 0 saturated carbocycles. The van der Waals surface area contributed by atoms with Crippen LogP contribution in [-0.2, 0) is 9.59 Å². The monoisotopic (exact) mass is 583 g/mol. The first-order valence-electron chi connectivity index (χ1n) is 11.8. The van der Waals surface area contributed by atoms with Gasteiger partial charge in [0.05, 0.1) is 5.69 Å². The van der Waals surface area contributed by atoms with Crippen LogP contribution in [0.5, 0.6) is 0 Å². The predicted octanol–water partition coefficient (Wildman–Crippen LogP) is 7.00. The van der Waals surface area contributed by atoms with E-state index in [1.807, 2.05) is 61.5 Å². The first kappa shape index (κ1) is 25.5. The molecule has 2 N–H and O–H groups in total. The predicted molar refractivity (Wildman–Crippen MR) is 155 cm³/mol. The molecule has 38 heavy (non-hydrogen) atoms. The van der Waals surface area contributed by atoms with E-state index in [1.165, 1.54) is 16.7 Å². The van der Waals surface area contributed by atoms with Gasteiger partial charge in [0.25, 0.3) is 17.7 Å². The zero-order valence-corrected chi connectivity index (χ0v) is 22.7. The Morgan fingerprint density at radius 1 is 0.763 bits per heavy atom. The number of halogens is 1. The van der Waals surface area contributed by atoms with Crippen LogP contribution in [-0.4, -0.2) is 17.7 Å². The molecule has 0 bridgehead atoms. The topological polar surface area (TPSA) is 78.5 Å². The average Bonchev–Trinajstić information content (AvgIpc) is 3.15. The number of hydrogen-bond donors (Lipinski definition) is 2. The molecule has 4 aromatic rings. The third-order valence-corrected chi connectivity index (χ3v) is 7.43. The number of nitrogens with zero attached hydrogens (tertiary/aromatic N) is 1. The Balaban J connectivity index is 1.39. The molecule has 0 spiro atoms. The van der Waals surface area contributed by atoms with Crippen LogP contribution in [0.3, 0.4) is 0 Å². The normalized spacial score (nSPS) is 13.2. The first-order chi connectivity index (χ1) is 18.4. The quantitative estimate of drug-likeness (QED) is 0.229. The van der Waals surface area contributed by atoms with E-state index < -0.39 is 11.8 Å². The molecule has 0 radical (unpaired) electrons. The number of anilines is 3. The fraction of sp³-hybridized carbons (Fsp3) is 0.0333. The summed E-state index contributed by atoms with van der Waals surface area (Å²) in [7, 11) is 0. The van der Waals surface area contributed by atoms with E-state index in [2.05, 4.69) is 26.6 Å². The number of aryl methyl sites for hydroxylation is 1. The number of para-hydroxylation sites is 1. The Bertz CT molecular complexity index is 1530. The Morgan fingerprint density at radius 2 is 1.42 bits per heavy atom. The summed E-state index contributed by atoms with van der Waals surface area (Å²) in [6.45, 7) is 1.95. The maximum Gasteiger partial charge on any atom is 0.283 e. The minimum atomic E-state index is -0.413. The number of imide groups is 1. The standard InChI is InChI=1S/C30H22BrN3O3S/c1-19-7-15-24(16-8-19)34-29(36)26(32-22-5-3-2-4-6-22)27(30(34)37)38-25-17-13-23(14-18-25)33-28(35)20-9-11-21(31)12-10-20/h2-18,32H,1H3,(H,33,35). The SMILES string of the molecule is Cc1ccc(N2C(=O)C(Nc3ccccc3)=C(Sc3ccc(NC(=O)c4ccc(Br)cc4)cc3)C2=O)cc1. The van der Waals surface area contributed by atoms with Crippen molar-refractivity contribution in [3.05, 3.63) is 129 Å². The van der Waals surface area contributed by atoms with Gasteiger partial charge in [-0.3, -0.25) is 14.4 Å². The van der Waals surface area contributed by atoms with Crippen LogP contribution in [0, 0.1) is 6.92 Å². The second kappa shape index (κ2) is 11.1. The molecular weight excluding hydrogens is 562 g/mol. The Kier molecular flexibility index (Phi) is 7.44. The van der Waals surface area contributed by atoms with Gasteiger partial charge in [-0.15, -0.1) is 0 Å². The molecular formula is C30H22BrN3O3S. The number of rotatable bonds is 7. The fourth-order valence-corrected chi connectivity index (χ4v) is 5.03. The molecule has 0 unspecified atom stereocenters. The molecule has 4 aromatic carbocycles. The van der Waals surface area contributed by atoms with E-state index in [0.717, 1.165) is 14.9 Å². The summed E-state index contributed by atoms with van der Waals surface area (Å²) in [5.74, 6) is -1.03. The molecule has 0 saturated heterocycles. The molecule has 6 nitrogen and oxygen atoms in total. The highest BCUT2D eigenvalue weighted by Gasteiger charge is 2.40. The number of thioether (sulfide) groups is 1. The van der Waals surface area contributed by atoms with Gasteiger partial charge in [0, 0.05) is 26.3 Å². The number of amides is 3. The molecule has 0 aromatic heterocycles. The van der Waals surface area contributed by atoms with E-state index in [-0.39, 0.29) is 11.6 Å². The van der Waals surface area contributed by atoms with Crippen molar-refractivity contribution in [2.24, 2.45) is 0 Å². The van der Waals surface area contributed by atoms with E-state index in [9.17, 15) is 14.4 Å². The highest BCUT2D eigenvalue weighted by Crippen LogP contribution is 2.38. The summed E-state index contributed by atoms with van der Waals surface area (Å²) in [6, 6.07) is 30.8. The average molecular weight is 584 g/mol. The van der Waals surface area contributed by atoms with Crippen LogP contribution in [0.1, 0.15) is 15.9 Å². The van der Waals surface area contributed by atoms with Crippen molar-refractivity contribution >= 4 is 62.5 Å². The maximum atomic E-state index is 13.5. The van der Waals surface area contributed by atoms with Crippen molar-refractivity contribution in [1.29, 1.82) is 0 Å². The molecule has 1 aliphatic heterocycles. The summed E-state index contributed by atoms with van der Waals surface area (Å²) < 4.78 is 0.895. The van der Waals surface area contributed by atoms with Gasteiger partial charge in [-0.25, -0.2) is 4.90 Å². The van der Waals surface area contributed by atoms with E-state index in [4.69, 9.17) is 0 Å².